The number of carbonyl (C=O) groups excluding carboxylic acids is 4. The summed E-state index contributed by atoms with van der Waals surface area (Å²) in [6.07, 6.45) is -0.509. The van der Waals surface area contributed by atoms with E-state index in [1.807, 2.05) is 47.6 Å². The predicted molar refractivity (Wildman–Crippen MR) is 194 cm³/mol. The lowest BCUT2D eigenvalue weighted by molar-refractivity contribution is 0.0223. The lowest BCUT2D eigenvalue weighted by Crippen LogP contribution is -2.50. The highest BCUT2D eigenvalue weighted by Gasteiger charge is 2.28. The van der Waals surface area contributed by atoms with Crippen molar-refractivity contribution in [1.82, 2.24) is 15.1 Å². The van der Waals surface area contributed by atoms with Crippen molar-refractivity contribution < 1.29 is 38.1 Å². The highest BCUT2D eigenvalue weighted by Crippen LogP contribution is 2.31. The van der Waals surface area contributed by atoms with Gasteiger partial charge in [0.2, 0.25) is 0 Å². The summed E-state index contributed by atoms with van der Waals surface area (Å²) in [4.78, 5) is 51.9. The third kappa shape index (κ3) is 13.9. The second-order valence-electron chi connectivity index (χ2n) is 12.9. The first-order chi connectivity index (χ1) is 22.9. The van der Waals surface area contributed by atoms with E-state index < -0.39 is 17.5 Å². The van der Waals surface area contributed by atoms with Crippen molar-refractivity contribution in [3.05, 3.63) is 62.0 Å². The molecule has 0 aromatic heterocycles. The van der Waals surface area contributed by atoms with Crippen LogP contribution in [0, 0.1) is 0 Å². The van der Waals surface area contributed by atoms with Gasteiger partial charge in [-0.05, 0) is 81.7 Å². The summed E-state index contributed by atoms with van der Waals surface area (Å²) in [5.74, 6) is -0.893. The average Bonchev–Trinajstić information content (AvgIpc) is 3.05. The maximum atomic E-state index is 12.1. The zero-order valence-corrected chi connectivity index (χ0v) is 32.5. The molecule has 2 fully saturated rings. The smallest absolute Gasteiger partial charge is 0.410 e. The third-order valence-corrected chi connectivity index (χ3v) is 8.47. The molecule has 49 heavy (non-hydrogen) atoms. The van der Waals surface area contributed by atoms with Gasteiger partial charge in [0.1, 0.15) is 11.2 Å². The van der Waals surface area contributed by atoms with Crippen LogP contribution in [0.1, 0.15) is 62.3 Å². The van der Waals surface area contributed by atoms with E-state index in [0.717, 1.165) is 31.9 Å². The number of rotatable bonds is 3. The van der Waals surface area contributed by atoms with Gasteiger partial charge in [0.15, 0.2) is 0 Å². The fourth-order valence-electron chi connectivity index (χ4n) is 4.43. The first kappa shape index (κ1) is 41.9. The zero-order chi connectivity index (χ0) is 36.9. The molecule has 15 heteroatoms. The Morgan fingerprint density at radius 2 is 1.10 bits per heavy atom. The van der Waals surface area contributed by atoms with Crippen LogP contribution in [-0.4, -0.2) is 112 Å². The Balaban J connectivity index is 0.000000281. The van der Waals surface area contributed by atoms with Gasteiger partial charge >= 0.3 is 24.1 Å². The van der Waals surface area contributed by atoms with E-state index in [0.29, 0.717) is 51.8 Å². The molecule has 2 heterocycles. The van der Waals surface area contributed by atoms with Crippen LogP contribution < -0.4 is 10.2 Å². The molecule has 0 aliphatic carbocycles. The van der Waals surface area contributed by atoms with Gasteiger partial charge in [0.05, 0.1) is 41.1 Å². The number of nitrogens with one attached hydrogen (secondary N) is 1. The minimum absolute atomic E-state index is 0.200. The minimum Gasteiger partial charge on any atom is -0.465 e. The summed E-state index contributed by atoms with van der Waals surface area (Å²) in [6.45, 7) is 16.7. The Bertz CT molecular complexity index is 1430. The van der Waals surface area contributed by atoms with Gasteiger partial charge in [0, 0.05) is 56.8 Å². The number of hydrogen-bond acceptors (Lipinski definition) is 10. The summed E-state index contributed by atoms with van der Waals surface area (Å²) in [7, 11) is 2.64. The van der Waals surface area contributed by atoms with Gasteiger partial charge in [-0.15, -0.1) is 0 Å². The van der Waals surface area contributed by atoms with E-state index in [1.165, 1.54) is 14.2 Å². The second-order valence-corrected chi connectivity index (χ2v) is 14.5. The maximum Gasteiger partial charge on any atom is 0.410 e. The topological polar surface area (TPSA) is 127 Å². The molecule has 2 saturated heterocycles. The number of esters is 2. The van der Waals surface area contributed by atoms with Crippen molar-refractivity contribution in [3.8, 4) is 0 Å². The van der Waals surface area contributed by atoms with Gasteiger partial charge < -0.3 is 39.0 Å². The highest BCUT2D eigenvalue weighted by molar-refractivity contribution is 9.10. The molecule has 12 nitrogen and oxygen atoms in total. The van der Waals surface area contributed by atoms with Gasteiger partial charge in [-0.25, -0.2) is 19.2 Å². The molecule has 2 aromatic carbocycles. The molecule has 1 N–H and O–H groups in total. The summed E-state index contributed by atoms with van der Waals surface area (Å²) in [5.41, 5.74) is 0.581. The van der Waals surface area contributed by atoms with E-state index in [2.05, 4.69) is 30.9 Å². The van der Waals surface area contributed by atoms with Gasteiger partial charge in [-0.2, -0.15) is 0 Å². The SMILES string of the molecule is CC(C)(C)OC(=O)N1CCNCC1.COC(=O)c1cccc(Br)c1Cl.COC(=O)c1cccc(N2CCN(C(=O)OC(C)(C)C)CC2)c1Cl. The van der Waals surface area contributed by atoms with Crippen LogP contribution in [0.4, 0.5) is 15.3 Å². The van der Waals surface area contributed by atoms with Crippen LogP contribution in [-0.2, 0) is 18.9 Å². The number of nitrogens with zero attached hydrogens (tertiary/aromatic N) is 3. The Kier molecular flexibility index (Phi) is 16.4. The zero-order valence-electron chi connectivity index (χ0n) is 29.4. The summed E-state index contributed by atoms with van der Waals surface area (Å²) < 4.78 is 20.6. The third-order valence-electron chi connectivity index (χ3n) is 6.78. The summed E-state index contributed by atoms with van der Waals surface area (Å²) in [5, 5.41) is 3.93. The molecule has 4 rings (SSSR count). The number of methoxy groups -OCH3 is 2. The van der Waals surface area contributed by atoms with Crippen molar-refractivity contribution in [2.24, 2.45) is 0 Å². The molecule has 0 unspecified atom stereocenters. The summed E-state index contributed by atoms with van der Waals surface area (Å²) >= 11 is 15.4. The number of amides is 2. The van der Waals surface area contributed by atoms with Crippen LogP contribution >= 0.6 is 39.1 Å². The van der Waals surface area contributed by atoms with E-state index in [9.17, 15) is 19.2 Å². The van der Waals surface area contributed by atoms with Crippen molar-refractivity contribution in [2.45, 2.75) is 52.7 Å². The van der Waals surface area contributed by atoms with Crippen LogP contribution in [0.25, 0.3) is 0 Å². The Hall–Kier alpha value is -3.26. The van der Waals surface area contributed by atoms with Crippen LogP contribution in [0.15, 0.2) is 40.9 Å². The van der Waals surface area contributed by atoms with Crippen LogP contribution in [0.3, 0.4) is 0 Å². The second kappa shape index (κ2) is 19.2. The molecule has 2 amide bonds. The van der Waals surface area contributed by atoms with Gasteiger partial charge in [0.25, 0.3) is 0 Å². The lowest BCUT2D eigenvalue weighted by Gasteiger charge is -2.37. The minimum atomic E-state index is -0.508. The van der Waals surface area contributed by atoms with Crippen molar-refractivity contribution >= 4 is 68.9 Å². The van der Waals surface area contributed by atoms with E-state index in [-0.39, 0.29) is 17.8 Å². The molecule has 0 atom stereocenters. The Morgan fingerprint density at radius 3 is 1.55 bits per heavy atom. The van der Waals surface area contributed by atoms with E-state index >= 15 is 0 Å². The van der Waals surface area contributed by atoms with Crippen LogP contribution in [0.5, 0.6) is 0 Å². The normalized spacial score (nSPS) is 14.7. The molecular weight excluding hydrogens is 743 g/mol. The van der Waals surface area contributed by atoms with Gasteiger partial charge in [-0.1, -0.05) is 35.3 Å². The molecule has 2 aliphatic rings. The van der Waals surface area contributed by atoms with Crippen LogP contribution in [0.2, 0.25) is 10.0 Å². The number of benzene rings is 2. The fourth-order valence-corrected chi connectivity index (χ4v) is 5.33. The largest absolute Gasteiger partial charge is 0.465 e. The standard InChI is InChI=1S/C17H23ClN2O4.C9H18N2O2.C8H6BrClO2/c1-17(2,3)24-16(22)20-10-8-19(9-11-20)13-7-5-6-12(14(13)18)15(21)23-4;1-9(2,3)13-8(12)11-6-4-10-5-7-11;1-12-8(11)5-3-2-4-6(9)7(5)10/h5-7H,8-11H2,1-4H3;10H,4-7H2,1-3H3;2-4H,1H3. The number of carbonyl (C=O) groups is 4. The number of halogens is 3. The van der Waals surface area contributed by atoms with E-state index in [4.69, 9.17) is 37.4 Å². The van der Waals surface area contributed by atoms with E-state index in [1.54, 1.807) is 40.1 Å². The number of piperazine rings is 2. The number of ether oxygens (including phenoxy) is 4. The molecule has 0 bridgehead atoms. The fraction of sp³-hybridized carbons (Fsp3) is 0.529. The van der Waals surface area contributed by atoms with Crippen molar-refractivity contribution in [1.29, 1.82) is 0 Å². The molecule has 0 spiro atoms. The quantitative estimate of drug-likeness (QED) is 0.259. The highest BCUT2D eigenvalue weighted by atomic mass is 79.9. The first-order valence-corrected chi connectivity index (χ1v) is 17.2. The average molecular weight is 791 g/mol. The molecule has 2 aromatic rings. The molecule has 2 aliphatic heterocycles. The molecular formula is C34H47BrCl2N4O8. The monoisotopic (exact) mass is 788 g/mol. The van der Waals surface area contributed by atoms with Crippen molar-refractivity contribution in [3.63, 3.8) is 0 Å². The number of hydrogen-bond donors (Lipinski definition) is 1. The maximum absolute atomic E-state index is 12.1. The Labute approximate surface area is 307 Å². The molecule has 0 radical (unpaired) electrons. The number of anilines is 1. The molecule has 0 saturated carbocycles. The first-order valence-electron chi connectivity index (χ1n) is 15.7. The van der Waals surface area contributed by atoms with Gasteiger partial charge in [-0.3, -0.25) is 0 Å². The molecule has 272 valence electrons. The summed E-state index contributed by atoms with van der Waals surface area (Å²) in [6, 6.07) is 10.4. The predicted octanol–water partition coefficient (Wildman–Crippen LogP) is 6.90. The van der Waals surface area contributed by atoms with Crippen molar-refractivity contribution in [2.75, 3.05) is 71.5 Å². The Morgan fingerprint density at radius 1 is 0.673 bits per heavy atom. The lowest BCUT2D eigenvalue weighted by atomic mass is 10.1.